The number of hydrogen-bond acceptors (Lipinski definition) is 3. The first-order chi connectivity index (χ1) is 8.47. The summed E-state index contributed by atoms with van der Waals surface area (Å²) >= 11 is 3.10. The average molecular weight is 321 g/mol. The van der Waals surface area contributed by atoms with E-state index in [1.165, 1.54) is 12.3 Å². The molecule has 0 radical (unpaired) electrons. The average Bonchev–Trinajstić information content (AvgIpc) is 2.79. The van der Waals surface area contributed by atoms with E-state index in [1.54, 1.807) is 6.07 Å². The van der Waals surface area contributed by atoms with Crippen LogP contribution in [0.15, 0.2) is 39.5 Å². The van der Waals surface area contributed by atoms with Gasteiger partial charge >= 0.3 is 6.18 Å². The van der Waals surface area contributed by atoms with Gasteiger partial charge in [-0.2, -0.15) is 13.2 Å². The van der Waals surface area contributed by atoms with Gasteiger partial charge in [-0.3, -0.25) is 0 Å². The van der Waals surface area contributed by atoms with Crippen LogP contribution < -0.4 is 5.32 Å². The Morgan fingerprint density at radius 1 is 1.28 bits per heavy atom. The van der Waals surface area contributed by atoms with Gasteiger partial charge in [0.1, 0.15) is 12.0 Å². The summed E-state index contributed by atoms with van der Waals surface area (Å²) in [4.78, 5) is 0. The van der Waals surface area contributed by atoms with E-state index >= 15 is 0 Å². The molecule has 0 amide bonds. The second-order valence-corrected chi connectivity index (χ2v) is 4.39. The number of nitrogens with zero attached hydrogens (tertiary/aromatic N) is 1. The van der Waals surface area contributed by atoms with Crippen molar-refractivity contribution in [2.24, 2.45) is 0 Å². The lowest BCUT2D eigenvalue weighted by atomic mass is 10.2. The minimum atomic E-state index is -4.34. The first kappa shape index (κ1) is 12.9. The van der Waals surface area contributed by atoms with Gasteiger partial charge in [0.15, 0.2) is 0 Å². The van der Waals surface area contributed by atoms with Crippen LogP contribution in [-0.4, -0.2) is 5.16 Å². The number of nitrogens with one attached hydrogen (secondary N) is 1. The monoisotopic (exact) mass is 320 g/mol. The Bertz CT molecular complexity index is 526. The molecule has 0 bridgehead atoms. The third-order valence-corrected chi connectivity index (χ3v) is 2.90. The maximum absolute atomic E-state index is 12.4. The van der Waals surface area contributed by atoms with Gasteiger partial charge < -0.3 is 9.84 Å². The highest BCUT2D eigenvalue weighted by Crippen LogP contribution is 2.33. The highest BCUT2D eigenvalue weighted by molar-refractivity contribution is 9.10. The molecule has 3 nitrogen and oxygen atoms in total. The van der Waals surface area contributed by atoms with Gasteiger partial charge in [0.05, 0.1) is 12.1 Å². The molecular weight excluding hydrogens is 313 g/mol. The van der Waals surface area contributed by atoms with Gasteiger partial charge in [0.25, 0.3) is 0 Å². The Balaban J connectivity index is 2.10. The van der Waals surface area contributed by atoms with Crippen molar-refractivity contribution in [1.29, 1.82) is 0 Å². The van der Waals surface area contributed by atoms with E-state index in [9.17, 15) is 13.2 Å². The molecule has 0 saturated heterocycles. The quantitative estimate of drug-likeness (QED) is 0.926. The van der Waals surface area contributed by atoms with Gasteiger partial charge in [-0.15, -0.1) is 0 Å². The Kier molecular flexibility index (Phi) is 3.60. The predicted molar refractivity (Wildman–Crippen MR) is 63.0 cm³/mol. The van der Waals surface area contributed by atoms with E-state index in [1.807, 2.05) is 0 Å². The standard InChI is InChI=1S/C11H8BrF3N2O/c12-9-5-7(11(13,14)15)1-2-10(9)16-6-8-3-4-18-17-8/h1-5,16H,6H2. The first-order valence-corrected chi connectivity index (χ1v) is 5.76. The minimum Gasteiger partial charge on any atom is -0.378 e. The molecule has 2 aromatic rings. The first-order valence-electron chi connectivity index (χ1n) is 4.96. The van der Waals surface area contributed by atoms with Crippen LogP contribution in [-0.2, 0) is 12.7 Å². The number of alkyl halides is 3. The number of benzene rings is 1. The lowest BCUT2D eigenvalue weighted by Gasteiger charge is -2.11. The van der Waals surface area contributed by atoms with Crippen LogP contribution in [0.4, 0.5) is 18.9 Å². The highest BCUT2D eigenvalue weighted by atomic mass is 79.9. The number of halogens is 4. The topological polar surface area (TPSA) is 38.1 Å². The van der Waals surface area contributed by atoms with Crippen LogP contribution in [0.2, 0.25) is 0 Å². The van der Waals surface area contributed by atoms with Gasteiger partial charge in [-0.25, -0.2) is 0 Å². The Morgan fingerprint density at radius 3 is 2.61 bits per heavy atom. The number of hydrogen-bond donors (Lipinski definition) is 1. The Morgan fingerprint density at radius 2 is 2.06 bits per heavy atom. The number of aromatic nitrogens is 1. The van der Waals surface area contributed by atoms with Crippen molar-refractivity contribution >= 4 is 21.6 Å². The fourth-order valence-electron chi connectivity index (χ4n) is 1.35. The third-order valence-electron chi connectivity index (χ3n) is 2.25. The summed E-state index contributed by atoms with van der Waals surface area (Å²) in [7, 11) is 0. The SMILES string of the molecule is FC(F)(F)c1ccc(NCc2ccon2)c(Br)c1. The van der Waals surface area contributed by atoms with E-state index in [2.05, 4.69) is 30.9 Å². The third kappa shape index (κ3) is 3.04. The van der Waals surface area contributed by atoms with Crippen LogP contribution in [0.25, 0.3) is 0 Å². The van der Waals surface area contributed by atoms with E-state index < -0.39 is 11.7 Å². The van der Waals surface area contributed by atoms with Crippen molar-refractivity contribution < 1.29 is 17.7 Å². The second kappa shape index (κ2) is 5.01. The molecule has 1 N–H and O–H groups in total. The van der Waals surface area contributed by atoms with Crippen LogP contribution in [0.3, 0.4) is 0 Å². The maximum atomic E-state index is 12.4. The molecule has 1 aromatic heterocycles. The van der Waals surface area contributed by atoms with Crippen molar-refractivity contribution in [2.45, 2.75) is 12.7 Å². The van der Waals surface area contributed by atoms with Crippen molar-refractivity contribution in [3.63, 3.8) is 0 Å². The summed E-state index contributed by atoms with van der Waals surface area (Å²) in [6.45, 7) is 0.375. The molecule has 0 aliphatic heterocycles. The van der Waals surface area contributed by atoms with Crippen LogP contribution in [0.1, 0.15) is 11.3 Å². The zero-order valence-electron chi connectivity index (χ0n) is 8.96. The molecule has 2 rings (SSSR count). The van der Waals surface area contributed by atoms with Crippen molar-refractivity contribution in [1.82, 2.24) is 5.16 Å². The highest BCUT2D eigenvalue weighted by Gasteiger charge is 2.30. The maximum Gasteiger partial charge on any atom is 0.416 e. The molecule has 96 valence electrons. The van der Waals surface area contributed by atoms with Gasteiger partial charge in [0.2, 0.25) is 0 Å². The molecule has 0 aliphatic rings. The normalized spacial score (nSPS) is 11.6. The van der Waals surface area contributed by atoms with Gasteiger partial charge in [-0.1, -0.05) is 5.16 Å². The fraction of sp³-hybridized carbons (Fsp3) is 0.182. The fourth-order valence-corrected chi connectivity index (χ4v) is 1.87. The van der Waals surface area contributed by atoms with E-state index in [4.69, 9.17) is 0 Å². The van der Waals surface area contributed by atoms with Crippen LogP contribution in [0, 0.1) is 0 Å². The van der Waals surface area contributed by atoms with E-state index in [0.29, 0.717) is 22.4 Å². The predicted octanol–water partition coefficient (Wildman–Crippen LogP) is 4.07. The number of rotatable bonds is 3. The molecule has 1 aromatic carbocycles. The summed E-state index contributed by atoms with van der Waals surface area (Å²) in [6, 6.07) is 5.10. The second-order valence-electron chi connectivity index (χ2n) is 3.54. The van der Waals surface area contributed by atoms with Crippen molar-refractivity contribution in [3.8, 4) is 0 Å². The van der Waals surface area contributed by atoms with E-state index in [0.717, 1.165) is 12.1 Å². The summed E-state index contributed by atoms with van der Waals surface area (Å²) in [6.07, 6.45) is -2.91. The molecular formula is C11H8BrF3N2O. The number of anilines is 1. The molecule has 0 fully saturated rings. The van der Waals surface area contributed by atoms with Crippen molar-refractivity contribution in [2.75, 3.05) is 5.32 Å². The molecule has 1 heterocycles. The van der Waals surface area contributed by atoms with Crippen LogP contribution in [0.5, 0.6) is 0 Å². The lowest BCUT2D eigenvalue weighted by molar-refractivity contribution is -0.137. The summed E-state index contributed by atoms with van der Waals surface area (Å²) in [5, 5.41) is 6.64. The summed E-state index contributed by atoms with van der Waals surface area (Å²) in [5.41, 5.74) is 0.536. The molecule has 7 heteroatoms. The molecule has 18 heavy (non-hydrogen) atoms. The summed E-state index contributed by atoms with van der Waals surface area (Å²) in [5.74, 6) is 0. The lowest BCUT2D eigenvalue weighted by Crippen LogP contribution is -2.06. The molecule has 0 atom stereocenters. The largest absolute Gasteiger partial charge is 0.416 e. The zero-order chi connectivity index (χ0) is 13.2. The molecule has 0 saturated carbocycles. The Labute approximate surface area is 109 Å². The van der Waals surface area contributed by atoms with E-state index in [-0.39, 0.29) is 0 Å². The van der Waals surface area contributed by atoms with Crippen LogP contribution >= 0.6 is 15.9 Å². The smallest absolute Gasteiger partial charge is 0.378 e. The molecule has 0 aliphatic carbocycles. The van der Waals surface area contributed by atoms with Crippen molar-refractivity contribution in [3.05, 3.63) is 46.3 Å². The minimum absolute atomic E-state index is 0.348. The van der Waals surface area contributed by atoms with Gasteiger partial charge in [-0.05, 0) is 34.1 Å². The van der Waals surface area contributed by atoms with Gasteiger partial charge in [0, 0.05) is 16.2 Å². The Hall–Kier alpha value is -1.50. The molecule has 0 spiro atoms. The zero-order valence-corrected chi connectivity index (χ0v) is 10.5. The molecule has 0 unspecified atom stereocenters. The summed E-state index contributed by atoms with van der Waals surface area (Å²) < 4.78 is 42.3.